The number of hydrogen-bond acceptors (Lipinski definition) is 4. The first-order valence-corrected chi connectivity index (χ1v) is 8.69. The largest absolute Gasteiger partial charge is 0.439 e. The van der Waals surface area contributed by atoms with Crippen LogP contribution in [0.15, 0.2) is 51.8 Å². The van der Waals surface area contributed by atoms with Gasteiger partial charge in [-0.15, -0.1) is 0 Å². The van der Waals surface area contributed by atoms with Crippen molar-refractivity contribution in [1.29, 1.82) is 0 Å². The molecule has 0 unspecified atom stereocenters. The second kappa shape index (κ2) is 6.63. The fourth-order valence-corrected chi connectivity index (χ4v) is 3.26. The molecule has 2 N–H and O–H groups in total. The van der Waals surface area contributed by atoms with Crippen LogP contribution in [0.1, 0.15) is 17.9 Å². The van der Waals surface area contributed by atoms with Crippen molar-refractivity contribution in [2.75, 3.05) is 5.32 Å². The Balaban J connectivity index is 1.54. The van der Waals surface area contributed by atoms with Crippen LogP contribution in [0.25, 0.3) is 11.4 Å². The number of anilines is 1. The molecule has 0 spiro atoms. The summed E-state index contributed by atoms with van der Waals surface area (Å²) in [5, 5.41) is 7.67. The van der Waals surface area contributed by atoms with Gasteiger partial charge in [-0.1, -0.05) is 40.5 Å². The molecule has 0 radical (unpaired) electrons. The average molecular weight is 390 g/mol. The third kappa shape index (κ3) is 3.38. The average Bonchev–Trinajstić information content (AvgIpc) is 3.30. The van der Waals surface area contributed by atoms with E-state index in [1.165, 1.54) is 0 Å². The molecule has 6 nitrogen and oxygen atoms in total. The molecule has 2 aromatic carbocycles. The summed E-state index contributed by atoms with van der Waals surface area (Å²) in [5.41, 5.74) is 2.08. The van der Waals surface area contributed by atoms with Gasteiger partial charge < -0.3 is 5.32 Å². The Hall–Kier alpha value is -2.57. The maximum absolute atomic E-state index is 12.6. The van der Waals surface area contributed by atoms with Crippen molar-refractivity contribution < 1.29 is 9.32 Å². The molecular weight excluding hydrogens is 377 g/mol. The van der Waals surface area contributed by atoms with Crippen LogP contribution in [-0.2, 0) is 4.79 Å². The monoisotopic (exact) mass is 389 g/mol. The predicted molar refractivity (Wildman–Crippen MR) is 98.5 cm³/mol. The van der Waals surface area contributed by atoms with E-state index in [0.29, 0.717) is 21.3 Å². The first-order chi connectivity index (χ1) is 12.5. The summed E-state index contributed by atoms with van der Waals surface area (Å²) in [7, 11) is 0. The summed E-state index contributed by atoms with van der Waals surface area (Å²) >= 11 is 12.0. The van der Waals surface area contributed by atoms with Crippen LogP contribution in [0.4, 0.5) is 5.69 Å². The van der Waals surface area contributed by atoms with Crippen LogP contribution in [-0.4, -0.2) is 16.0 Å². The molecule has 0 saturated heterocycles. The summed E-state index contributed by atoms with van der Waals surface area (Å²) in [6, 6.07) is 12.4. The zero-order valence-corrected chi connectivity index (χ0v) is 14.8. The van der Waals surface area contributed by atoms with Gasteiger partial charge in [0.15, 0.2) is 5.82 Å². The van der Waals surface area contributed by atoms with Crippen molar-refractivity contribution in [3.05, 3.63) is 68.6 Å². The lowest BCUT2D eigenvalue weighted by atomic mass is 10.1. The number of aromatic amines is 1. The Kier molecular flexibility index (Phi) is 4.30. The van der Waals surface area contributed by atoms with Crippen LogP contribution in [0, 0.1) is 5.92 Å². The van der Waals surface area contributed by atoms with Crippen molar-refractivity contribution in [3.8, 4) is 11.4 Å². The Morgan fingerprint density at radius 1 is 1.15 bits per heavy atom. The molecule has 1 saturated carbocycles. The SMILES string of the molecule is O=C(Nc1cc(Cl)ccc1-c1noc(=O)[nH]1)[C@@H]1C[C@@H]1c1ccc(Cl)cc1. The summed E-state index contributed by atoms with van der Waals surface area (Å²) < 4.78 is 4.54. The molecule has 1 aliphatic rings. The standard InChI is InChI=1S/C18H13Cl2N3O3/c19-10-3-1-9(2-4-10)13-8-14(13)17(24)21-15-7-11(20)5-6-12(15)16-22-18(25)26-23-16/h1-7,13-14H,8H2,(H,21,24)(H,22,23,25)/t13-,14-/m1/s1. The first-order valence-electron chi connectivity index (χ1n) is 7.93. The Labute approximate surface area is 158 Å². The van der Waals surface area contributed by atoms with Gasteiger partial charge >= 0.3 is 5.76 Å². The number of amides is 1. The number of benzene rings is 2. The second-order valence-electron chi connectivity index (χ2n) is 6.12. The van der Waals surface area contributed by atoms with Crippen LogP contribution in [0.2, 0.25) is 10.0 Å². The maximum Gasteiger partial charge on any atom is 0.439 e. The van der Waals surface area contributed by atoms with E-state index in [0.717, 1.165) is 12.0 Å². The molecule has 1 aliphatic carbocycles. The summed E-state index contributed by atoms with van der Waals surface area (Å²) in [6.07, 6.45) is 0.768. The number of nitrogens with one attached hydrogen (secondary N) is 2. The summed E-state index contributed by atoms with van der Waals surface area (Å²) in [4.78, 5) is 26.3. The summed E-state index contributed by atoms with van der Waals surface area (Å²) in [6.45, 7) is 0. The van der Waals surface area contributed by atoms with Gasteiger partial charge in [0.05, 0.1) is 5.69 Å². The number of nitrogens with zero attached hydrogens (tertiary/aromatic N) is 1. The highest BCUT2D eigenvalue weighted by molar-refractivity contribution is 6.31. The van der Waals surface area contributed by atoms with Gasteiger partial charge in [0.2, 0.25) is 5.91 Å². The van der Waals surface area contributed by atoms with Crippen LogP contribution in [0.5, 0.6) is 0 Å². The fraction of sp³-hybridized carbons (Fsp3) is 0.167. The molecule has 1 amide bonds. The minimum absolute atomic E-state index is 0.112. The van der Waals surface area contributed by atoms with Gasteiger partial charge in [-0.2, -0.15) is 0 Å². The van der Waals surface area contributed by atoms with E-state index in [4.69, 9.17) is 23.2 Å². The minimum atomic E-state index is -0.669. The highest BCUT2D eigenvalue weighted by Gasteiger charge is 2.44. The van der Waals surface area contributed by atoms with E-state index >= 15 is 0 Å². The van der Waals surface area contributed by atoms with Gasteiger partial charge in [0.25, 0.3) is 0 Å². The van der Waals surface area contributed by atoms with Crippen LogP contribution >= 0.6 is 23.2 Å². The molecular formula is C18H13Cl2N3O3. The highest BCUT2D eigenvalue weighted by atomic mass is 35.5. The number of aromatic nitrogens is 2. The van der Waals surface area contributed by atoms with Crippen LogP contribution in [0.3, 0.4) is 0 Å². The van der Waals surface area contributed by atoms with Crippen molar-refractivity contribution in [2.24, 2.45) is 5.92 Å². The Morgan fingerprint density at radius 3 is 2.58 bits per heavy atom. The zero-order valence-electron chi connectivity index (χ0n) is 13.3. The first kappa shape index (κ1) is 16.9. The number of H-pyrrole nitrogens is 1. The summed E-state index contributed by atoms with van der Waals surface area (Å²) in [5.74, 6) is -0.510. The van der Waals surface area contributed by atoms with Crippen molar-refractivity contribution in [2.45, 2.75) is 12.3 Å². The topological polar surface area (TPSA) is 88.0 Å². The Morgan fingerprint density at radius 2 is 1.88 bits per heavy atom. The predicted octanol–water partition coefficient (Wildman–Crippen LogP) is 4.08. The number of hydrogen-bond donors (Lipinski definition) is 2. The van der Waals surface area contributed by atoms with Crippen molar-refractivity contribution in [3.63, 3.8) is 0 Å². The molecule has 4 rings (SSSR count). The lowest BCUT2D eigenvalue weighted by Gasteiger charge is -2.10. The maximum atomic E-state index is 12.6. The second-order valence-corrected chi connectivity index (χ2v) is 7.00. The van der Waals surface area contributed by atoms with E-state index in [2.05, 4.69) is 20.0 Å². The molecule has 26 heavy (non-hydrogen) atoms. The van der Waals surface area contributed by atoms with E-state index in [9.17, 15) is 9.59 Å². The molecule has 3 aromatic rings. The molecule has 1 fully saturated rings. The molecule has 8 heteroatoms. The van der Waals surface area contributed by atoms with Gasteiger partial charge in [-0.3, -0.25) is 14.3 Å². The molecule has 2 atom stereocenters. The third-order valence-corrected chi connectivity index (χ3v) is 4.85. The zero-order chi connectivity index (χ0) is 18.3. The van der Waals surface area contributed by atoms with Gasteiger partial charge in [-0.05, 0) is 48.2 Å². The number of rotatable bonds is 4. The normalized spacial score (nSPS) is 18.5. The highest BCUT2D eigenvalue weighted by Crippen LogP contribution is 2.48. The number of carbonyl (C=O) groups is 1. The van der Waals surface area contributed by atoms with E-state index in [1.807, 2.05) is 24.3 Å². The molecule has 1 heterocycles. The van der Waals surface area contributed by atoms with Crippen molar-refractivity contribution in [1.82, 2.24) is 10.1 Å². The lowest BCUT2D eigenvalue weighted by molar-refractivity contribution is -0.117. The van der Waals surface area contributed by atoms with E-state index in [1.54, 1.807) is 18.2 Å². The number of carbonyl (C=O) groups excluding carboxylic acids is 1. The fourth-order valence-electron chi connectivity index (χ4n) is 2.96. The molecule has 132 valence electrons. The van der Waals surface area contributed by atoms with Crippen molar-refractivity contribution >= 4 is 34.8 Å². The van der Waals surface area contributed by atoms with Gasteiger partial charge in [0.1, 0.15) is 0 Å². The van der Waals surface area contributed by atoms with Crippen LogP contribution < -0.4 is 11.1 Å². The lowest BCUT2D eigenvalue weighted by Crippen LogP contribution is -2.15. The third-order valence-electron chi connectivity index (χ3n) is 4.36. The molecule has 0 bridgehead atoms. The van der Waals surface area contributed by atoms with Gasteiger partial charge in [-0.25, -0.2) is 4.79 Å². The number of halogens is 2. The Bertz CT molecular complexity index is 1030. The molecule has 1 aromatic heterocycles. The smallest absolute Gasteiger partial charge is 0.325 e. The minimum Gasteiger partial charge on any atom is -0.325 e. The quantitative estimate of drug-likeness (QED) is 0.703. The van der Waals surface area contributed by atoms with E-state index < -0.39 is 5.76 Å². The van der Waals surface area contributed by atoms with Gasteiger partial charge in [0, 0.05) is 21.5 Å². The van der Waals surface area contributed by atoms with E-state index in [-0.39, 0.29) is 23.6 Å². The molecule has 0 aliphatic heterocycles.